The van der Waals surface area contributed by atoms with Crippen LogP contribution in [0.15, 0.2) is 29.7 Å². The average Bonchev–Trinajstić information content (AvgIpc) is 2.76. The van der Waals surface area contributed by atoms with Crippen molar-refractivity contribution in [2.45, 2.75) is 5.75 Å². The van der Waals surface area contributed by atoms with Crippen molar-refractivity contribution < 1.29 is 36.8 Å². The maximum absolute atomic E-state index is 12.8. The van der Waals surface area contributed by atoms with Crippen LogP contribution in [0.1, 0.15) is 11.1 Å². The molecule has 0 aliphatic rings. The molecule has 0 amide bonds. The topological polar surface area (TPSA) is 89.5 Å². The Morgan fingerprint density at radius 3 is 1.77 bits per heavy atom. The fourth-order valence-corrected chi connectivity index (χ4v) is 4.01. The molecule has 2 aromatic carbocycles. The molecule has 0 fully saturated rings. The Hall–Kier alpha value is -3.07. The first-order valence-corrected chi connectivity index (χ1v) is 10.5. The van der Waals surface area contributed by atoms with E-state index in [9.17, 15) is 8.42 Å². The van der Waals surface area contributed by atoms with Gasteiger partial charge in [0.25, 0.3) is 0 Å². The van der Waals surface area contributed by atoms with Crippen LogP contribution in [0, 0.1) is 0 Å². The lowest BCUT2D eigenvalue weighted by atomic mass is 10.1. The number of benzene rings is 2. The van der Waals surface area contributed by atoms with Crippen LogP contribution >= 0.6 is 0 Å². The van der Waals surface area contributed by atoms with Crippen LogP contribution in [-0.2, 0) is 15.6 Å². The minimum atomic E-state index is -3.67. The number of methoxy groups -OCH3 is 6. The van der Waals surface area contributed by atoms with Crippen molar-refractivity contribution in [3.8, 4) is 34.5 Å². The van der Waals surface area contributed by atoms with E-state index in [1.54, 1.807) is 24.3 Å². The summed E-state index contributed by atoms with van der Waals surface area (Å²) < 4.78 is 57.4. The van der Waals surface area contributed by atoms with Crippen molar-refractivity contribution in [2.24, 2.45) is 0 Å². The standard InChI is InChI=1S/C21H26O8S/c1-24-15-11-18(26-3)16(19(12-15)27-4)9-10-30(22,23)13-14-7-8-17(25-2)21(29-6)20(14)28-5/h7-12H,13H2,1-6H3. The Morgan fingerprint density at radius 1 is 0.733 bits per heavy atom. The molecule has 2 aromatic rings. The Morgan fingerprint density at radius 2 is 1.30 bits per heavy atom. The largest absolute Gasteiger partial charge is 0.496 e. The van der Waals surface area contributed by atoms with E-state index >= 15 is 0 Å². The van der Waals surface area contributed by atoms with E-state index in [0.717, 1.165) is 5.41 Å². The van der Waals surface area contributed by atoms with E-state index in [-0.39, 0.29) is 5.75 Å². The smallest absolute Gasteiger partial charge is 0.203 e. The van der Waals surface area contributed by atoms with E-state index in [2.05, 4.69) is 0 Å². The average molecular weight is 438 g/mol. The number of hydrogen-bond acceptors (Lipinski definition) is 8. The second-order valence-electron chi connectivity index (χ2n) is 6.05. The predicted molar refractivity (Wildman–Crippen MR) is 114 cm³/mol. The molecule has 0 saturated heterocycles. The van der Waals surface area contributed by atoms with Gasteiger partial charge in [-0.15, -0.1) is 0 Å². The van der Waals surface area contributed by atoms with Crippen molar-refractivity contribution in [1.29, 1.82) is 0 Å². The lowest BCUT2D eigenvalue weighted by Gasteiger charge is -2.15. The monoisotopic (exact) mass is 438 g/mol. The molecule has 0 spiro atoms. The van der Waals surface area contributed by atoms with Gasteiger partial charge in [-0.05, 0) is 12.1 Å². The summed E-state index contributed by atoms with van der Waals surface area (Å²) in [6, 6.07) is 6.55. The number of hydrogen-bond donors (Lipinski definition) is 0. The van der Waals surface area contributed by atoms with E-state index in [0.29, 0.717) is 45.6 Å². The van der Waals surface area contributed by atoms with Gasteiger partial charge in [-0.2, -0.15) is 0 Å². The van der Waals surface area contributed by atoms with Crippen LogP contribution in [-0.4, -0.2) is 51.1 Å². The van der Waals surface area contributed by atoms with Gasteiger partial charge < -0.3 is 28.4 Å². The van der Waals surface area contributed by atoms with Gasteiger partial charge in [0.1, 0.15) is 17.2 Å². The van der Waals surface area contributed by atoms with Crippen LogP contribution in [0.25, 0.3) is 6.08 Å². The first kappa shape index (κ1) is 23.2. The predicted octanol–water partition coefficient (Wildman–Crippen LogP) is 3.32. The van der Waals surface area contributed by atoms with Gasteiger partial charge in [0.2, 0.25) is 5.75 Å². The summed E-state index contributed by atoms with van der Waals surface area (Å²) in [5, 5.41) is 1.11. The molecule has 164 valence electrons. The molecule has 0 N–H and O–H groups in total. The zero-order valence-electron chi connectivity index (χ0n) is 17.8. The number of ether oxygens (including phenoxy) is 6. The van der Waals surface area contributed by atoms with Gasteiger partial charge in [0, 0.05) is 23.1 Å². The summed E-state index contributed by atoms with van der Waals surface area (Å²) in [5.41, 5.74) is 0.914. The highest BCUT2D eigenvalue weighted by Gasteiger charge is 2.20. The summed E-state index contributed by atoms with van der Waals surface area (Å²) in [7, 11) is 5.20. The first-order valence-electron chi connectivity index (χ1n) is 8.82. The minimum absolute atomic E-state index is 0.298. The maximum Gasteiger partial charge on any atom is 0.203 e. The van der Waals surface area contributed by atoms with Crippen LogP contribution in [0.4, 0.5) is 0 Å². The fraction of sp³-hybridized carbons (Fsp3) is 0.333. The van der Waals surface area contributed by atoms with Crippen LogP contribution in [0.5, 0.6) is 34.5 Å². The van der Waals surface area contributed by atoms with Crippen molar-refractivity contribution in [1.82, 2.24) is 0 Å². The zero-order chi connectivity index (χ0) is 22.3. The van der Waals surface area contributed by atoms with Gasteiger partial charge in [-0.3, -0.25) is 0 Å². The van der Waals surface area contributed by atoms with Gasteiger partial charge in [0.15, 0.2) is 21.3 Å². The Labute approximate surface area is 176 Å². The molecule has 0 atom stereocenters. The third-order valence-electron chi connectivity index (χ3n) is 4.34. The quantitative estimate of drug-likeness (QED) is 0.558. The molecular formula is C21H26O8S. The third kappa shape index (κ3) is 5.10. The van der Waals surface area contributed by atoms with Crippen molar-refractivity contribution in [3.63, 3.8) is 0 Å². The lowest BCUT2D eigenvalue weighted by molar-refractivity contribution is 0.323. The molecule has 0 saturated carbocycles. The Bertz CT molecular complexity index is 987. The van der Waals surface area contributed by atoms with Gasteiger partial charge in [-0.1, -0.05) is 6.07 Å². The van der Waals surface area contributed by atoms with E-state index in [1.165, 1.54) is 48.7 Å². The summed E-state index contributed by atoms with van der Waals surface area (Å²) in [6.45, 7) is 0. The number of rotatable bonds is 10. The second kappa shape index (κ2) is 10.1. The maximum atomic E-state index is 12.8. The molecule has 0 aromatic heterocycles. The molecule has 30 heavy (non-hydrogen) atoms. The highest BCUT2D eigenvalue weighted by Crippen LogP contribution is 2.41. The Balaban J connectivity index is 2.42. The van der Waals surface area contributed by atoms with E-state index < -0.39 is 9.84 Å². The van der Waals surface area contributed by atoms with Crippen LogP contribution < -0.4 is 28.4 Å². The van der Waals surface area contributed by atoms with Gasteiger partial charge in [-0.25, -0.2) is 8.42 Å². The zero-order valence-corrected chi connectivity index (χ0v) is 18.7. The summed E-state index contributed by atoms with van der Waals surface area (Å²) in [6.07, 6.45) is 1.43. The lowest BCUT2D eigenvalue weighted by Crippen LogP contribution is -2.04. The number of sulfone groups is 1. The molecule has 0 bridgehead atoms. The third-order valence-corrected chi connectivity index (χ3v) is 5.60. The molecule has 9 heteroatoms. The molecule has 0 radical (unpaired) electrons. The van der Waals surface area contributed by atoms with Crippen molar-refractivity contribution in [3.05, 3.63) is 40.8 Å². The normalized spacial score (nSPS) is 11.3. The highest BCUT2D eigenvalue weighted by molar-refractivity contribution is 7.93. The second-order valence-corrected chi connectivity index (χ2v) is 7.94. The molecule has 0 heterocycles. The molecule has 0 aliphatic carbocycles. The molecule has 2 rings (SSSR count). The van der Waals surface area contributed by atoms with Crippen LogP contribution in [0.2, 0.25) is 0 Å². The first-order chi connectivity index (χ1) is 14.3. The molecule has 8 nitrogen and oxygen atoms in total. The summed E-state index contributed by atoms with van der Waals surface area (Å²) in [5.74, 6) is 2.14. The summed E-state index contributed by atoms with van der Waals surface area (Å²) >= 11 is 0. The fourth-order valence-electron chi connectivity index (χ4n) is 2.91. The Kier molecular flexibility index (Phi) is 7.82. The highest BCUT2D eigenvalue weighted by atomic mass is 32.2. The minimum Gasteiger partial charge on any atom is -0.496 e. The molecular weight excluding hydrogens is 412 g/mol. The summed E-state index contributed by atoms with van der Waals surface area (Å²) in [4.78, 5) is 0. The SMILES string of the molecule is COc1cc(OC)c(C=CS(=O)(=O)Cc2ccc(OC)c(OC)c2OC)c(OC)c1. The van der Waals surface area contributed by atoms with E-state index in [4.69, 9.17) is 28.4 Å². The van der Waals surface area contributed by atoms with Crippen molar-refractivity contribution in [2.75, 3.05) is 42.7 Å². The molecule has 0 aliphatic heterocycles. The van der Waals surface area contributed by atoms with E-state index in [1.807, 2.05) is 0 Å². The van der Waals surface area contributed by atoms with Crippen molar-refractivity contribution >= 4 is 15.9 Å². The molecule has 0 unspecified atom stereocenters. The van der Waals surface area contributed by atoms with Gasteiger partial charge >= 0.3 is 0 Å². The van der Waals surface area contributed by atoms with Gasteiger partial charge in [0.05, 0.1) is 54.0 Å². The van der Waals surface area contributed by atoms with Crippen LogP contribution in [0.3, 0.4) is 0 Å².